The van der Waals surface area contributed by atoms with E-state index in [1.165, 1.54) is 17.4 Å². The smallest absolute Gasteiger partial charge is 0.288 e. The molecule has 0 aliphatic heterocycles. The summed E-state index contributed by atoms with van der Waals surface area (Å²) in [5, 5.41) is 15.8. The van der Waals surface area contributed by atoms with Gasteiger partial charge in [0.2, 0.25) is 0 Å². The lowest BCUT2D eigenvalue weighted by atomic mass is 10.1. The zero-order valence-electron chi connectivity index (χ0n) is 15.5. The predicted molar refractivity (Wildman–Crippen MR) is 113 cm³/mol. The van der Waals surface area contributed by atoms with Gasteiger partial charge in [0, 0.05) is 46.9 Å². The number of benzene rings is 2. The fourth-order valence-corrected chi connectivity index (χ4v) is 4.44. The summed E-state index contributed by atoms with van der Waals surface area (Å²) < 4.78 is 25.3. The summed E-state index contributed by atoms with van der Waals surface area (Å²) in [6.07, 6.45) is 4.70. The van der Waals surface area contributed by atoms with Gasteiger partial charge in [0.1, 0.15) is 4.90 Å². The molecule has 2 aromatic carbocycles. The summed E-state index contributed by atoms with van der Waals surface area (Å²) in [6, 6.07) is 10.3. The van der Waals surface area contributed by atoms with Crippen LogP contribution in [0, 0.1) is 10.1 Å². The van der Waals surface area contributed by atoms with Crippen LogP contribution in [0.5, 0.6) is 0 Å². The fourth-order valence-electron chi connectivity index (χ4n) is 2.91. The van der Waals surface area contributed by atoms with Gasteiger partial charge in [-0.05, 0) is 24.3 Å². The quantitative estimate of drug-likeness (QED) is 0.372. The Hall–Kier alpha value is -3.57. The Labute approximate surface area is 174 Å². The molecule has 2 heterocycles. The summed E-state index contributed by atoms with van der Waals surface area (Å²) in [6.45, 7) is 0. The van der Waals surface area contributed by atoms with Crippen LogP contribution in [0.25, 0.3) is 16.2 Å². The summed E-state index contributed by atoms with van der Waals surface area (Å²) in [7, 11) is -3.80. The largest absolute Gasteiger partial charge is 0.322 e. The van der Waals surface area contributed by atoms with Crippen LogP contribution in [0.3, 0.4) is 0 Å². The highest BCUT2D eigenvalue weighted by Crippen LogP contribution is 2.26. The third-order valence-corrected chi connectivity index (χ3v) is 6.26. The van der Waals surface area contributed by atoms with Crippen molar-refractivity contribution < 1.29 is 18.1 Å². The average Bonchev–Trinajstić information content (AvgIpc) is 3.29. The van der Waals surface area contributed by atoms with Gasteiger partial charge < -0.3 is 5.32 Å². The van der Waals surface area contributed by atoms with Crippen molar-refractivity contribution in [1.82, 2.24) is 9.38 Å². The number of anilines is 1. The molecule has 0 saturated heterocycles. The molecule has 1 N–H and O–H groups in total. The van der Waals surface area contributed by atoms with E-state index >= 15 is 0 Å². The van der Waals surface area contributed by atoms with Gasteiger partial charge in [0.25, 0.3) is 11.6 Å². The van der Waals surface area contributed by atoms with Crippen LogP contribution < -0.4 is 5.32 Å². The van der Waals surface area contributed by atoms with E-state index in [0.29, 0.717) is 5.69 Å². The molecule has 30 heavy (non-hydrogen) atoms. The van der Waals surface area contributed by atoms with Gasteiger partial charge in [0.05, 0.1) is 10.6 Å². The number of thiazole rings is 1. The Morgan fingerprint density at radius 1 is 1.20 bits per heavy atom. The van der Waals surface area contributed by atoms with Crippen LogP contribution in [-0.4, -0.2) is 34.9 Å². The molecule has 152 valence electrons. The highest BCUT2D eigenvalue weighted by molar-refractivity contribution is 7.90. The molecule has 4 rings (SSSR count). The van der Waals surface area contributed by atoms with E-state index < -0.39 is 31.3 Å². The molecule has 0 radical (unpaired) electrons. The molecule has 9 nitrogen and oxygen atoms in total. The molecule has 0 unspecified atom stereocenters. The number of hydrogen-bond acceptors (Lipinski definition) is 7. The van der Waals surface area contributed by atoms with Crippen molar-refractivity contribution in [2.45, 2.75) is 4.90 Å². The number of nitrogens with one attached hydrogen (secondary N) is 1. The van der Waals surface area contributed by atoms with Gasteiger partial charge in [-0.15, -0.1) is 11.3 Å². The molecule has 0 saturated carbocycles. The molecule has 0 bridgehead atoms. The zero-order chi connectivity index (χ0) is 21.5. The average molecular weight is 442 g/mol. The Balaban J connectivity index is 1.55. The molecule has 1 amide bonds. The van der Waals surface area contributed by atoms with E-state index in [-0.39, 0.29) is 5.56 Å². The van der Waals surface area contributed by atoms with Crippen LogP contribution in [-0.2, 0) is 9.84 Å². The maximum atomic E-state index is 12.5. The van der Waals surface area contributed by atoms with Crippen LogP contribution in [0.2, 0.25) is 0 Å². The van der Waals surface area contributed by atoms with Crippen molar-refractivity contribution in [3.05, 3.63) is 75.9 Å². The van der Waals surface area contributed by atoms with E-state index in [0.717, 1.165) is 34.6 Å². The number of hydrogen-bond donors (Lipinski definition) is 1. The summed E-state index contributed by atoms with van der Waals surface area (Å²) in [4.78, 5) is 27.8. The van der Waals surface area contributed by atoms with E-state index in [9.17, 15) is 23.3 Å². The lowest BCUT2D eigenvalue weighted by Crippen LogP contribution is -2.13. The zero-order valence-corrected chi connectivity index (χ0v) is 17.1. The van der Waals surface area contributed by atoms with Crippen molar-refractivity contribution >= 4 is 43.4 Å². The molecular formula is C19H14N4O5S2. The summed E-state index contributed by atoms with van der Waals surface area (Å²) >= 11 is 1.53. The third-order valence-electron chi connectivity index (χ3n) is 4.35. The van der Waals surface area contributed by atoms with Crippen LogP contribution in [0.4, 0.5) is 11.4 Å². The number of imidazole rings is 1. The van der Waals surface area contributed by atoms with Crippen LogP contribution in [0.1, 0.15) is 10.4 Å². The van der Waals surface area contributed by atoms with E-state index in [4.69, 9.17) is 0 Å². The van der Waals surface area contributed by atoms with E-state index in [2.05, 4.69) is 10.3 Å². The Morgan fingerprint density at radius 2 is 1.93 bits per heavy atom. The first-order valence-corrected chi connectivity index (χ1v) is 11.3. The predicted octanol–water partition coefficient (Wildman–Crippen LogP) is 3.63. The lowest BCUT2D eigenvalue weighted by molar-refractivity contribution is -0.387. The van der Waals surface area contributed by atoms with Crippen molar-refractivity contribution in [3.8, 4) is 11.3 Å². The lowest BCUT2D eigenvalue weighted by Gasteiger charge is -2.07. The monoisotopic (exact) mass is 442 g/mol. The normalized spacial score (nSPS) is 11.5. The van der Waals surface area contributed by atoms with Gasteiger partial charge >= 0.3 is 0 Å². The number of nitro groups is 1. The maximum absolute atomic E-state index is 12.5. The molecule has 0 aliphatic carbocycles. The Morgan fingerprint density at radius 3 is 2.57 bits per heavy atom. The van der Waals surface area contributed by atoms with Gasteiger partial charge in [-0.25, -0.2) is 13.4 Å². The minimum atomic E-state index is -3.80. The molecule has 0 aliphatic rings. The first kappa shape index (κ1) is 19.7. The van der Waals surface area contributed by atoms with Crippen molar-refractivity contribution in [2.24, 2.45) is 0 Å². The SMILES string of the molecule is CS(=O)(=O)c1ccc(C(=O)Nc2ccc(-c3cn4ccsc4n3)cc2)cc1[N+](=O)[O-]. The molecule has 0 fully saturated rings. The van der Waals surface area contributed by atoms with Crippen LogP contribution in [0.15, 0.2) is 65.1 Å². The fraction of sp³-hybridized carbons (Fsp3) is 0.0526. The van der Waals surface area contributed by atoms with Crippen molar-refractivity contribution in [3.63, 3.8) is 0 Å². The molecule has 0 atom stereocenters. The summed E-state index contributed by atoms with van der Waals surface area (Å²) in [5.41, 5.74) is 1.50. The standard InChI is InChI=1S/C19H14N4O5S2/c1-30(27,28)17-7-4-13(10-16(17)23(25)26)18(24)20-14-5-2-12(3-6-14)15-11-22-8-9-29-19(22)21-15/h2-11H,1H3,(H,20,24). The number of rotatable bonds is 5. The first-order valence-electron chi connectivity index (χ1n) is 8.55. The number of fused-ring (bicyclic) bond motifs is 1. The highest BCUT2D eigenvalue weighted by atomic mass is 32.2. The number of nitro benzene ring substituents is 1. The second-order valence-electron chi connectivity index (χ2n) is 6.46. The second-order valence-corrected chi connectivity index (χ2v) is 9.32. The van der Waals surface area contributed by atoms with Gasteiger partial charge in [-0.3, -0.25) is 19.3 Å². The number of nitrogens with zero attached hydrogens (tertiary/aromatic N) is 3. The number of aromatic nitrogens is 2. The first-order chi connectivity index (χ1) is 14.2. The molecule has 11 heteroatoms. The molecule has 0 spiro atoms. The second kappa shape index (κ2) is 7.35. The molecule has 4 aromatic rings. The maximum Gasteiger partial charge on any atom is 0.288 e. The number of carbonyl (C=O) groups excluding carboxylic acids is 1. The minimum Gasteiger partial charge on any atom is -0.322 e. The van der Waals surface area contributed by atoms with Gasteiger partial charge in [-0.2, -0.15) is 0 Å². The topological polar surface area (TPSA) is 124 Å². The van der Waals surface area contributed by atoms with Crippen molar-refractivity contribution in [2.75, 3.05) is 11.6 Å². The number of carbonyl (C=O) groups is 1. The Kier molecular flexibility index (Phi) is 4.84. The molecular weight excluding hydrogens is 428 g/mol. The number of amides is 1. The van der Waals surface area contributed by atoms with Crippen molar-refractivity contribution in [1.29, 1.82) is 0 Å². The minimum absolute atomic E-state index is 0.0208. The number of sulfone groups is 1. The van der Waals surface area contributed by atoms with Gasteiger partial charge in [-0.1, -0.05) is 12.1 Å². The van der Waals surface area contributed by atoms with Gasteiger partial charge in [0.15, 0.2) is 14.8 Å². The van der Waals surface area contributed by atoms with E-state index in [1.807, 2.05) is 22.2 Å². The molecule has 2 aromatic heterocycles. The summed E-state index contributed by atoms with van der Waals surface area (Å²) in [5.74, 6) is -0.589. The van der Waals surface area contributed by atoms with Crippen LogP contribution >= 0.6 is 11.3 Å². The highest BCUT2D eigenvalue weighted by Gasteiger charge is 2.24. The van der Waals surface area contributed by atoms with E-state index in [1.54, 1.807) is 24.3 Å². The Bertz CT molecular complexity index is 1360. The third kappa shape index (κ3) is 3.80.